The van der Waals surface area contributed by atoms with Crippen LogP contribution in [0.4, 0.5) is 0 Å². The molecule has 0 N–H and O–H groups in total. The first-order valence-electron chi connectivity index (χ1n) is 10.00. The van der Waals surface area contributed by atoms with Gasteiger partial charge in [-0.15, -0.1) is 0 Å². The lowest BCUT2D eigenvalue weighted by molar-refractivity contribution is 0.282. The van der Waals surface area contributed by atoms with Crippen LogP contribution in [0.1, 0.15) is 20.8 Å². The summed E-state index contributed by atoms with van der Waals surface area (Å²) in [5.74, 6) is 0. The van der Waals surface area contributed by atoms with Crippen LogP contribution in [-0.2, 0) is 11.0 Å². The van der Waals surface area contributed by atoms with E-state index in [-0.39, 0.29) is 5.04 Å². The fourth-order valence-electron chi connectivity index (χ4n) is 4.10. The van der Waals surface area contributed by atoms with Crippen molar-refractivity contribution in [1.29, 1.82) is 0 Å². The Morgan fingerprint density at radius 1 is 0.900 bits per heavy atom. The van der Waals surface area contributed by atoms with Crippen LogP contribution < -0.4 is 10.4 Å². The second kappa shape index (κ2) is 8.56. The SMILES string of the molecule is CC(C)(C)[Si](OCCn1cnc2ncnc(I)c21)(c1ccccc1)c1ccccc1. The third-order valence-corrected chi connectivity index (χ3v) is 11.3. The maximum atomic E-state index is 6.98. The Labute approximate surface area is 191 Å². The first kappa shape index (κ1) is 21.1. The second-order valence-electron chi connectivity index (χ2n) is 8.29. The summed E-state index contributed by atoms with van der Waals surface area (Å²) in [5, 5.41) is 2.54. The van der Waals surface area contributed by atoms with Gasteiger partial charge in [-0.2, -0.15) is 0 Å². The molecule has 0 radical (unpaired) electrons. The molecule has 30 heavy (non-hydrogen) atoms. The molecule has 0 amide bonds. The first-order valence-corrected chi connectivity index (χ1v) is 13.0. The maximum Gasteiger partial charge on any atom is 0.261 e. The summed E-state index contributed by atoms with van der Waals surface area (Å²) in [6.45, 7) is 8.17. The molecule has 0 fully saturated rings. The Bertz CT molecular complexity index is 1090. The van der Waals surface area contributed by atoms with E-state index in [0.717, 1.165) is 14.9 Å². The number of halogens is 1. The van der Waals surface area contributed by atoms with Gasteiger partial charge in [-0.25, -0.2) is 15.0 Å². The number of nitrogens with zero attached hydrogens (tertiary/aromatic N) is 4. The van der Waals surface area contributed by atoms with Crippen molar-refractivity contribution in [2.24, 2.45) is 0 Å². The van der Waals surface area contributed by atoms with Crippen LogP contribution in [0.2, 0.25) is 5.04 Å². The van der Waals surface area contributed by atoms with Crippen LogP contribution in [-0.4, -0.2) is 34.4 Å². The van der Waals surface area contributed by atoms with Crippen LogP contribution in [0.15, 0.2) is 73.3 Å². The van der Waals surface area contributed by atoms with Crippen molar-refractivity contribution in [3.63, 3.8) is 0 Å². The van der Waals surface area contributed by atoms with Gasteiger partial charge < -0.3 is 8.99 Å². The van der Waals surface area contributed by atoms with Crippen molar-refractivity contribution in [1.82, 2.24) is 19.5 Å². The summed E-state index contributed by atoms with van der Waals surface area (Å²) >= 11 is 2.24. The van der Waals surface area contributed by atoms with E-state index >= 15 is 0 Å². The van der Waals surface area contributed by atoms with Gasteiger partial charge in [0, 0.05) is 6.54 Å². The minimum atomic E-state index is -2.53. The third-order valence-electron chi connectivity index (χ3n) is 5.43. The highest BCUT2D eigenvalue weighted by atomic mass is 127. The first-order chi connectivity index (χ1) is 14.4. The molecule has 0 saturated heterocycles. The van der Waals surface area contributed by atoms with E-state index in [1.165, 1.54) is 10.4 Å². The standard InChI is InChI=1S/C23H25IN4OSi/c1-23(2,3)30(18-10-6-4-7-11-18,19-12-8-5-9-13-19)29-15-14-28-17-27-22-20(28)21(24)25-16-26-22/h4-13,16-17H,14-15H2,1-3H3. The van der Waals surface area contributed by atoms with Crippen molar-refractivity contribution < 1.29 is 4.43 Å². The number of fused-ring (bicyclic) bond motifs is 1. The van der Waals surface area contributed by atoms with Crippen LogP contribution in [0.3, 0.4) is 0 Å². The molecular weight excluding hydrogens is 503 g/mol. The highest BCUT2D eigenvalue weighted by Gasteiger charge is 2.50. The molecular formula is C23H25IN4OSi. The zero-order chi connectivity index (χ0) is 21.2. The van der Waals surface area contributed by atoms with E-state index in [0.29, 0.717) is 13.2 Å². The molecule has 0 unspecified atom stereocenters. The summed E-state index contributed by atoms with van der Waals surface area (Å²) in [6, 6.07) is 21.4. The molecule has 0 aliphatic carbocycles. The van der Waals surface area contributed by atoms with Crippen LogP contribution in [0.25, 0.3) is 11.2 Å². The Morgan fingerprint density at radius 2 is 1.50 bits per heavy atom. The fraction of sp³-hybridized carbons (Fsp3) is 0.261. The molecule has 5 nitrogen and oxygen atoms in total. The summed E-state index contributed by atoms with van der Waals surface area (Å²) in [5.41, 5.74) is 1.68. The van der Waals surface area contributed by atoms with Crippen molar-refractivity contribution in [3.05, 3.63) is 77.0 Å². The number of hydrogen-bond donors (Lipinski definition) is 0. The Hall–Kier alpha value is -2.10. The number of hydrogen-bond acceptors (Lipinski definition) is 4. The van der Waals surface area contributed by atoms with Gasteiger partial charge in [0.05, 0.1) is 12.9 Å². The molecule has 0 aliphatic rings. The lowest BCUT2D eigenvalue weighted by atomic mass is 10.2. The van der Waals surface area contributed by atoms with E-state index in [9.17, 15) is 0 Å². The summed E-state index contributed by atoms with van der Waals surface area (Å²) in [7, 11) is -2.53. The zero-order valence-electron chi connectivity index (χ0n) is 17.4. The fourth-order valence-corrected chi connectivity index (χ4v) is 9.33. The van der Waals surface area contributed by atoms with Gasteiger partial charge >= 0.3 is 0 Å². The van der Waals surface area contributed by atoms with Crippen LogP contribution >= 0.6 is 22.6 Å². The number of benzene rings is 2. The molecule has 0 spiro atoms. The lowest BCUT2D eigenvalue weighted by Gasteiger charge is -2.43. The van der Waals surface area contributed by atoms with Gasteiger partial charge in [0.15, 0.2) is 5.65 Å². The van der Waals surface area contributed by atoms with Gasteiger partial charge in [0.25, 0.3) is 8.32 Å². The Kier molecular flexibility index (Phi) is 6.03. The van der Waals surface area contributed by atoms with Crippen molar-refractivity contribution in [2.45, 2.75) is 32.4 Å². The van der Waals surface area contributed by atoms with Crippen LogP contribution in [0, 0.1) is 3.70 Å². The van der Waals surface area contributed by atoms with Gasteiger partial charge in [-0.3, -0.25) is 0 Å². The number of aromatic nitrogens is 4. The van der Waals surface area contributed by atoms with E-state index in [4.69, 9.17) is 4.43 Å². The summed E-state index contributed by atoms with van der Waals surface area (Å²) in [6.07, 6.45) is 3.39. The largest absolute Gasteiger partial charge is 0.406 e. The van der Waals surface area contributed by atoms with Gasteiger partial charge in [0.2, 0.25) is 0 Å². The predicted octanol–water partition coefficient (Wildman–Crippen LogP) is 4.01. The van der Waals surface area contributed by atoms with E-state index < -0.39 is 8.32 Å². The molecule has 2 aromatic heterocycles. The summed E-state index contributed by atoms with van der Waals surface area (Å²) < 4.78 is 9.97. The Balaban J connectivity index is 1.72. The van der Waals surface area contributed by atoms with E-state index in [1.807, 2.05) is 6.33 Å². The molecule has 4 rings (SSSR count). The van der Waals surface area contributed by atoms with Crippen molar-refractivity contribution >= 4 is 52.4 Å². The van der Waals surface area contributed by atoms with E-state index in [2.05, 4.69) is 124 Å². The van der Waals surface area contributed by atoms with Gasteiger partial charge in [0.1, 0.15) is 15.5 Å². The van der Waals surface area contributed by atoms with Gasteiger partial charge in [-0.1, -0.05) is 81.4 Å². The molecule has 0 saturated carbocycles. The topological polar surface area (TPSA) is 52.8 Å². The normalized spacial score (nSPS) is 12.4. The quantitative estimate of drug-likeness (QED) is 0.216. The van der Waals surface area contributed by atoms with Crippen molar-refractivity contribution in [2.75, 3.05) is 6.61 Å². The number of rotatable bonds is 6. The lowest BCUT2D eigenvalue weighted by Crippen LogP contribution is -2.66. The van der Waals surface area contributed by atoms with Gasteiger partial charge in [-0.05, 0) is 38.0 Å². The predicted molar refractivity (Wildman–Crippen MR) is 132 cm³/mol. The average molecular weight is 528 g/mol. The third kappa shape index (κ3) is 3.81. The average Bonchev–Trinajstić information content (AvgIpc) is 3.16. The minimum Gasteiger partial charge on any atom is -0.406 e. The molecule has 2 aromatic carbocycles. The monoisotopic (exact) mass is 528 g/mol. The molecule has 154 valence electrons. The zero-order valence-corrected chi connectivity index (χ0v) is 20.6. The highest BCUT2D eigenvalue weighted by molar-refractivity contribution is 14.1. The Morgan fingerprint density at radius 3 is 2.07 bits per heavy atom. The smallest absolute Gasteiger partial charge is 0.261 e. The molecule has 0 aliphatic heterocycles. The maximum absolute atomic E-state index is 6.98. The molecule has 0 bridgehead atoms. The van der Waals surface area contributed by atoms with Crippen LogP contribution in [0.5, 0.6) is 0 Å². The molecule has 4 aromatic rings. The van der Waals surface area contributed by atoms with Crippen molar-refractivity contribution in [3.8, 4) is 0 Å². The molecule has 0 atom stereocenters. The minimum absolute atomic E-state index is 0.0375. The summed E-state index contributed by atoms with van der Waals surface area (Å²) in [4.78, 5) is 13.0. The highest BCUT2D eigenvalue weighted by Crippen LogP contribution is 2.36. The number of imidazole rings is 1. The molecule has 2 heterocycles. The second-order valence-corrected chi connectivity index (χ2v) is 13.6. The molecule has 7 heteroatoms. The van der Waals surface area contributed by atoms with E-state index in [1.54, 1.807) is 6.33 Å².